The summed E-state index contributed by atoms with van der Waals surface area (Å²) in [5.74, 6) is 0.554. The first-order valence-electron chi connectivity index (χ1n) is 6.65. The number of rotatable bonds is 8. The van der Waals surface area contributed by atoms with E-state index in [4.69, 9.17) is 4.74 Å². The number of hydrogen-bond acceptors (Lipinski definition) is 3. The zero-order valence-corrected chi connectivity index (χ0v) is 13.0. The van der Waals surface area contributed by atoms with Crippen LogP contribution >= 0.6 is 15.9 Å². The molecule has 1 atom stereocenters. The summed E-state index contributed by atoms with van der Waals surface area (Å²) >= 11 is 3.16. The van der Waals surface area contributed by atoms with Crippen LogP contribution in [0.2, 0.25) is 0 Å². The highest BCUT2D eigenvalue weighted by molar-refractivity contribution is 9.10. The molecule has 0 spiro atoms. The van der Waals surface area contributed by atoms with Crippen LogP contribution in [0, 0.1) is 10.1 Å². The topological polar surface area (TPSA) is 52.4 Å². The van der Waals surface area contributed by atoms with Gasteiger partial charge in [0.05, 0.1) is 21.6 Å². The monoisotopic (exact) mass is 329 g/mol. The molecule has 4 nitrogen and oxygen atoms in total. The molecular weight excluding hydrogens is 310 g/mol. The SMILES string of the molecule is CCCCCCC(C)Oc1ccc(Br)c([N+](=O)[O-])c1. The molecule has 0 aliphatic rings. The van der Waals surface area contributed by atoms with Crippen molar-refractivity contribution in [2.45, 2.75) is 52.1 Å². The Bertz CT molecular complexity index is 423. The average Bonchev–Trinajstić information content (AvgIpc) is 2.36. The lowest BCUT2D eigenvalue weighted by Gasteiger charge is -2.14. The van der Waals surface area contributed by atoms with Crippen molar-refractivity contribution in [2.75, 3.05) is 0 Å². The quantitative estimate of drug-likeness (QED) is 0.379. The van der Waals surface area contributed by atoms with Gasteiger partial charge in [0, 0.05) is 0 Å². The predicted octanol–water partition coefficient (Wildman–Crippen LogP) is 5.10. The Labute approximate surface area is 122 Å². The Balaban J connectivity index is 2.52. The Morgan fingerprint density at radius 3 is 2.74 bits per heavy atom. The minimum atomic E-state index is -0.414. The standard InChI is InChI=1S/C14H20BrNO3/c1-3-4-5-6-7-11(2)19-12-8-9-13(15)14(10-12)16(17)18/h8-11H,3-7H2,1-2H3. The lowest BCUT2D eigenvalue weighted by molar-refractivity contribution is -0.385. The van der Waals surface area contributed by atoms with Crippen molar-refractivity contribution in [1.82, 2.24) is 0 Å². The molecule has 0 radical (unpaired) electrons. The van der Waals surface area contributed by atoms with E-state index in [0.717, 1.165) is 12.8 Å². The second-order valence-corrected chi connectivity index (χ2v) is 5.50. The third kappa shape index (κ3) is 5.59. The molecule has 0 aromatic heterocycles. The number of nitrogens with zero attached hydrogens (tertiary/aromatic N) is 1. The van der Waals surface area contributed by atoms with Crippen molar-refractivity contribution >= 4 is 21.6 Å². The van der Waals surface area contributed by atoms with Crippen molar-refractivity contribution in [2.24, 2.45) is 0 Å². The predicted molar refractivity (Wildman–Crippen MR) is 79.6 cm³/mol. The maximum absolute atomic E-state index is 10.8. The van der Waals surface area contributed by atoms with Gasteiger partial charge in [-0.1, -0.05) is 26.2 Å². The Hall–Kier alpha value is -1.10. The van der Waals surface area contributed by atoms with Gasteiger partial charge in [0.1, 0.15) is 5.75 Å². The number of nitro groups is 1. The zero-order chi connectivity index (χ0) is 14.3. The van der Waals surface area contributed by atoms with Crippen LogP contribution in [0.1, 0.15) is 46.0 Å². The molecule has 0 amide bonds. The van der Waals surface area contributed by atoms with Crippen LogP contribution in [0.15, 0.2) is 22.7 Å². The van der Waals surface area contributed by atoms with E-state index in [-0.39, 0.29) is 11.8 Å². The molecule has 0 aliphatic carbocycles. The molecule has 0 aliphatic heterocycles. The third-order valence-electron chi connectivity index (χ3n) is 2.92. The van der Waals surface area contributed by atoms with Gasteiger partial charge in [-0.15, -0.1) is 0 Å². The maximum atomic E-state index is 10.8. The molecule has 0 saturated heterocycles. The number of unbranched alkanes of at least 4 members (excludes halogenated alkanes) is 3. The van der Waals surface area contributed by atoms with Crippen LogP contribution in [-0.4, -0.2) is 11.0 Å². The molecule has 1 rings (SSSR count). The zero-order valence-electron chi connectivity index (χ0n) is 11.4. The van der Waals surface area contributed by atoms with Crippen molar-refractivity contribution in [3.63, 3.8) is 0 Å². The van der Waals surface area contributed by atoms with Gasteiger partial charge in [0.25, 0.3) is 5.69 Å². The molecule has 106 valence electrons. The van der Waals surface area contributed by atoms with Crippen LogP contribution in [0.4, 0.5) is 5.69 Å². The Morgan fingerprint density at radius 2 is 2.11 bits per heavy atom. The van der Waals surface area contributed by atoms with Crippen LogP contribution in [-0.2, 0) is 0 Å². The summed E-state index contributed by atoms with van der Waals surface area (Å²) < 4.78 is 6.19. The molecule has 0 bridgehead atoms. The fourth-order valence-corrected chi connectivity index (χ4v) is 2.25. The van der Waals surface area contributed by atoms with E-state index in [2.05, 4.69) is 22.9 Å². The Morgan fingerprint density at radius 1 is 1.37 bits per heavy atom. The maximum Gasteiger partial charge on any atom is 0.287 e. The van der Waals surface area contributed by atoms with Crippen LogP contribution in [0.25, 0.3) is 0 Å². The van der Waals surface area contributed by atoms with E-state index < -0.39 is 4.92 Å². The fraction of sp³-hybridized carbons (Fsp3) is 0.571. The molecule has 0 saturated carbocycles. The minimum absolute atomic E-state index is 0.0377. The Kier molecular flexibility index (Phi) is 6.84. The largest absolute Gasteiger partial charge is 0.490 e. The minimum Gasteiger partial charge on any atom is -0.490 e. The molecule has 19 heavy (non-hydrogen) atoms. The van der Waals surface area contributed by atoms with Crippen LogP contribution in [0.5, 0.6) is 5.75 Å². The molecular formula is C14H20BrNO3. The second kappa shape index (κ2) is 8.15. The van der Waals surface area contributed by atoms with Crippen molar-refractivity contribution in [3.05, 3.63) is 32.8 Å². The van der Waals surface area contributed by atoms with Gasteiger partial charge in [-0.2, -0.15) is 0 Å². The normalized spacial score (nSPS) is 12.2. The lowest BCUT2D eigenvalue weighted by Crippen LogP contribution is -2.11. The summed E-state index contributed by atoms with van der Waals surface area (Å²) in [6, 6.07) is 4.86. The summed E-state index contributed by atoms with van der Waals surface area (Å²) in [6.07, 6.45) is 5.87. The molecule has 1 unspecified atom stereocenters. The number of hydrogen-bond donors (Lipinski definition) is 0. The van der Waals surface area contributed by atoms with E-state index in [9.17, 15) is 10.1 Å². The van der Waals surface area contributed by atoms with E-state index in [1.54, 1.807) is 12.1 Å². The number of halogens is 1. The fourth-order valence-electron chi connectivity index (χ4n) is 1.86. The number of nitro benzene ring substituents is 1. The first-order valence-corrected chi connectivity index (χ1v) is 7.44. The summed E-state index contributed by atoms with van der Waals surface area (Å²) in [6.45, 7) is 4.18. The van der Waals surface area contributed by atoms with Crippen molar-refractivity contribution < 1.29 is 9.66 Å². The number of benzene rings is 1. The average molecular weight is 330 g/mol. The molecule has 5 heteroatoms. The molecule has 0 heterocycles. The van der Waals surface area contributed by atoms with Gasteiger partial charge in [-0.3, -0.25) is 10.1 Å². The molecule has 0 N–H and O–H groups in total. The van der Waals surface area contributed by atoms with E-state index in [0.29, 0.717) is 10.2 Å². The first-order chi connectivity index (χ1) is 9.04. The molecule has 1 aromatic rings. The van der Waals surface area contributed by atoms with Crippen LogP contribution < -0.4 is 4.74 Å². The van der Waals surface area contributed by atoms with E-state index >= 15 is 0 Å². The molecule has 0 fully saturated rings. The highest BCUT2D eigenvalue weighted by atomic mass is 79.9. The van der Waals surface area contributed by atoms with Crippen molar-refractivity contribution in [1.29, 1.82) is 0 Å². The van der Waals surface area contributed by atoms with Gasteiger partial charge in [-0.05, 0) is 47.8 Å². The van der Waals surface area contributed by atoms with Gasteiger partial charge in [0.15, 0.2) is 0 Å². The van der Waals surface area contributed by atoms with Gasteiger partial charge < -0.3 is 4.74 Å². The van der Waals surface area contributed by atoms with E-state index in [1.807, 2.05) is 6.92 Å². The highest BCUT2D eigenvalue weighted by Crippen LogP contribution is 2.29. The van der Waals surface area contributed by atoms with E-state index in [1.165, 1.54) is 25.3 Å². The van der Waals surface area contributed by atoms with Crippen molar-refractivity contribution in [3.8, 4) is 5.75 Å². The van der Waals surface area contributed by atoms with Gasteiger partial charge >= 0.3 is 0 Å². The summed E-state index contributed by atoms with van der Waals surface area (Å²) in [4.78, 5) is 10.4. The summed E-state index contributed by atoms with van der Waals surface area (Å²) in [5.41, 5.74) is 0.0377. The van der Waals surface area contributed by atoms with Gasteiger partial charge in [0.2, 0.25) is 0 Å². The summed E-state index contributed by atoms with van der Waals surface area (Å²) in [7, 11) is 0. The van der Waals surface area contributed by atoms with Gasteiger partial charge in [-0.25, -0.2) is 0 Å². The highest BCUT2D eigenvalue weighted by Gasteiger charge is 2.14. The number of ether oxygens (including phenoxy) is 1. The van der Waals surface area contributed by atoms with Crippen LogP contribution in [0.3, 0.4) is 0 Å². The third-order valence-corrected chi connectivity index (χ3v) is 3.59. The summed E-state index contributed by atoms with van der Waals surface area (Å²) in [5, 5.41) is 10.8. The lowest BCUT2D eigenvalue weighted by atomic mass is 10.1. The second-order valence-electron chi connectivity index (χ2n) is 4.65. The molecule has 1 aromatic carbocycles. The smallest absolute Gasteiger partial charge is 0.287 e. The first kappa shape index (κ1) is 16.0.